The molecule has 0 radical (unpaired) electrons. The maximum Gasteiger partial charge on any atom is 0.305 e. The normalized spacial score (nSPS) is 11.4. The first-order valence-corrected chi connectivity index (χ1v) is 6.68. The van der Waals surface area contributed by atoms with Gasteiger partial charge in [0.15, 0.2) is 0 Å². The fraction of sp³-hybridized carbons (Fsp3) is 0.667. The molecular formula is C15H26O2. The largest absolute Gasteiger partial charge is 0.469 e. The Bertz CT molecular complexity index is 229. The summed E-state index contributed by atoms with van der Waals surface area (Å²) in [6.07, 6.45) is 17.2. The van der Waals surface area contributed by atoms with Gasteiger partial charge in [0.05, 0.1) is 7.11 Å². The van der Waals surface area contributed by atoms with Crippen molar-refractivity contribution >= 4 is 5.97 Å². The third-order valence-electron chi connectivity index (χ3n) is 2.56. The van der Waals surface area contributed by atoms with Gasteiger partial charge < -0.3 is 4.74 Å². The molecule has 0 fully saturated rings. The zero-order valence-electron chi connectivity index (χ0n) is 11.3. The summed E-state index contributed by atoms with van der Waals surface area (Å²) in [7, 11) is 1.43. The molecule has 0 aliphatic heterocycles. The number of unbranched alkanes of at least 4 members (excludes halogenated alkanes) is 4. The highest BCUT2D eigenvalue weighted by Crippen LogP contribution is 2.02. The molecule has 0 aliphatic rings. The number of carbonyl (C=O) groups is 1. The molecular weight excluding hydrogens is 212 g/mol. The van der Waals surface area contributed by atoms with Crippen LogP contribution in [0.4, 0.5) is 0 Å². The summed E-state index contributed by atoms with van der Waals surface area (Å²) in [4.78, 5) is 10.8. The molecule has 0 bridgehead atoms. The number of methoxy groups -OCH3 is 1. The SMILES string of the molecule is CCCCC/C=C\C/C=C\CCCC(=O)OC. The molecule has 0 aromatic heterocycles. The van der Waals surface area contributed by atoms with Crippen LogP contribution in [0.2, 0.25) is 0 Å². The van der Waals surface area contributed by atoms with E-state index in [9.17, 15) is 4.79 Å². The number of carbonyl (C=O) groups excluding carboxylic acids is 1. The van der Waals surface area contributed by atoms with E-state index in [4.69, 9.17) is 0 Å². The van der Waals surface area contributed by atoms with E-state index in [0.29, 0.717) is 6.42 Å². The van der Waals surface area contributed by atoms with E-state index in [-0.39, 0.29) is 5.97 Å². The molecule has 0 N–H and O–H groups in total. The van der Waals surface area contributed by atoms with E-state index in [2.05, 4.69) is 36.0 Å². The summed E-state index contributed by atoms with van der Waals surface area (Å²) in [6, 6.07) is 0. The number of esters is 1. The molecule has 0 amide bonds. The quantitative estimate of drug-likeness (QED) is 0.320. The predicted molar refractivity (Wildman–Crippen MR) is 72.9 cm³/mol. The lowest BCUT2D eigenvalue weighted by Gasteiger charge is -1.95. The number of rotatable bonds is 10. The second-order valence-corrected chi connectivity index (χ2v) is 4.14. The predicted octanol–water partition coefficient (Wildman–Crippen LogP) is 4.41. The van der Waals surface area contributed by atoms with Crippen molar-refractivity contribution in [1.82, 2.24) is 0 Å². The zero-order chi connectivity index (χ0) is 12.8. The minimum absolute atomic E-state index is 0.116. The van der Waals surface area contributed by atoms with E-state index < -0.39 is 0 Å². The molecule has 0 unspecified atom stereocenters. The smallest absolute Gasteiger partial charge is 0.305 e. The van der Waals surface area contributed by atoms with Crippen LogP contribution in [0.15, 0.2) is 24.3 Å². The molecule has 0 saturated carbocycles. The van der Waals surface area contributed by atoms with Crippen LogP contribution in [0.25, 0.3) is 0 Å². The summed E-state index contributed by atoms with van der Waals surface area (Å²) in [6.45, 7) is 2.22. The lowest BCUT2D eigenvalue weighted by molar-refractivity contribution is -0.140. The Hall–Kier alpha value is -1.05. The highest BCUT2D eigenvalue weighted by atomic mass is 16.5. The summed E-state index contributed by atoms with van der Waals surface area (Å²) in [5.41, 5.74) is 0. The Labute approximate surface area is 106 Å². The Balaban J connectivity index is 3.27. The van der Waals surface area contributed by atoms with Gasteiger partial charge >= 0.3 is 5.97 Å². The molecule has 0 heterocycles. The zero-order valence-corrected chi connectivity index (χ0v) is 11.3. The third kappa shape index (κ3) is 12.9. The van der Waals surface area contributed by atoms with Crippen molar-refractivity contribution < 1.29 is 9.53 Å². The second kappa shape index (κ2) is 13.0. The van der Waals surface area contributed by atoms with Crippen molar-refractivity contribution in [3.63, 3.8) is 0 Å². The van der Waals surface area contributed by atoms with Gasteiger partial charge in [0, 0.05) is 6.42 Å². The first-order valence-electron chi connectivity index (χ1n) is 6.68. The third-order valence-corrected chi connectivity index (χ3v) is 2.56. The molecule has 2 nitrogen and oxygen atoms in total. The molecule has 0 saturated heterocycles. The van der Waals surface area contributed by atoms with Crippen LogP contribution in [0.5, 0.6) is 0 Å². The molecule has 0 rings (SSSR count). The fourth-order valence-electron chi connectivity index (χ4n) is 1.49. The molecule has 0 atom stereocenters. The van der Waals surface area contributed by atoms with Crippen LogP contribution in [-0.2, 0) is 9.53 Å². The van der Waals surface area contributed by atoms with E-state index in [0.717, 1.165) is 19.3 Å². The minimum Gasteiger partial charge on any atom is -0.469 e. The Kier molecular flexibility index (Phi) is 12.2. The number of ether oxygens (including phenoxy) is 1. The van der Waals surface area contributed by atoms with Crippen LogP contribution in [0.3, 0.4) is 0 Å². The van der Waals surface area contributed by atoms with E-state index >= 15 is 0 Å². The molecule has 0 aliphatic carbocycles. The Morgan fingerprint density at radius 1 is 1.00 bits per heavy atom. The Morgan fingerprint density at radius 3 is 2.24 bits per heavy atom. The van der Waals surface area contributed by atoms with Crippen LogP contribution in [0, 0.1) is 0 Å². The van der Waals surface area contributed by atoms with Crippen LogP contribution in [0.1, 0.15) is 58.3 Å². The average Bonchev–Trinajstić information content (AvgIpc) is 2.35. The topological polar surface area (TPSA) is 26.3 Å². The van der Waals surface area contributed by atoms with E-state index in [1.807, 2.05) is 0 Å². The van der Waals surface area contributed by atoms with Crippen molar-refractivity contribution in [3.8, 4) is 0 Å². The van der Waals surface area contributed by atoms with Crippen molar-refractivity contribution in [2.24, 2.45) is 0 Å². The summed E-state index contributed by atoms with van der Waals surface area (Å²) < 4.78 is 4.57. The van der Waals surface area contributed by atoms with Gasteiger partial charge in [-0.05, 0) is 32.1 Å². The monoisotopic (exact) mass is 238 g/mol. The fourth-order valence-corrected chi connectivity index (χ4v) is 1.49. The molecule has 2 heteroatoms. The molecule has 98 valence electrons. The van der Waals surface area contributed by atoms with Gasteiger partial charge in [-0.15, -0.1) is 0 Å². The van der Waals surface area contributed by atoms with Crippen molar-refractivity contribution in [2.45, 2.75) is 58.3 Å². The molecule has 0 aromatic rings. The van der Waals surface area contributed by atoms with Crippen molar-refractivity contribution in [2.75, 3.05) is 7.11 Å². The highest BCUT2D eigenvalue weighted by molar-refractivity contribution is 5.68. The summed E-state index contributed by atoms with van der Waals surface area (Å²) in [5, 5.41) is 0. The highest BCUT2D eigenvalue weighted by Gasteiger charge is 1.96. The first kappa shape index (κ1) is 16.0. The van der Waals surface area contributed by atoms with Gasteiger partial charge in [0.1, 0.15) is 0 Å². The minimum atomic E-state index is -0.116. The average molecular weight is 238 g/mol. The lowest BCUT2D eigenvalue weighted by Crippen LogP contribution is -1.98. The lowest BCUT2D eigenvalue weighted by atomic mass is 10.2. The second-order valence-electron chi connectivity index (χ2n) is 4.14. The van der Waals surface area contributed by atoms with E-state index in [1.165, 1.54) is 32.8 Å². The van der Waals surface area contributed by atoms with Gasteiger partial charge in [-0.25, -0.2) is 0 Å². The van der Waals surface area contributed by atoms with Crippen molar-refractivity contribution in [3.05, 3.63) is 24.3 Å². The first-order chi connectivity index (χ1) is 8.31. The van der Waals surface area contributed by atoms with Crippen LogP contribution >= 0.6 is 0 Å². The standard InChI is InChI=1S/C15H26O2/c1-3-4-5-6-7-8-9-10-11-12-13-14-15(16)17-2/h7-8,10-11H,3-6,9,12-14H2,1-2H3/b8-7-,11-10-. The van der Waals surface area contributed by atoms with Gasteiger partial charge in [-0.3, -0.25) is 4.79 Å². The molecule has 0 aromatic carbocycles. The van der Waals surface area contributed by atoms with Gasteiger partial charge in [0.2, 0.25) is 0 Å². The number of hydrogen-bond acceptors (Lipinski definition) is 2. The Morgan fingerprint density at radius 2 is 1.65 bits per heavy atom. The van der Waals surface area contributed by atoms with E-state index in [1.54, 1.807) is 0 Å². The van der Waals surface area contributed by atoms with Gasteiger partial charge in [-0.1, -0.05) is 44.1 Å². The molecule has 17 heavy (non-hydrogen) atoms. The van der Waals surface area contributed by atoms with Crippen LogP contribution in [-0.4, -0.2) is 13.1 Å². The van der Waals surface area contributed by atoms with Gasteiger partial charge in [0.25, 0.3) is 0 Å². The summed E-state index contributed by atoms with van der Waals surface area (Å²) in [5.74, 6) is -0.116. The number of hydrogen-bond donors (Lipinski definition) is 0. The number of allylic oxidation sites excluding steroid dienone is 4. The van der Waals surface area contributed by atoms with Crippen molar-refractivity contribution in [1.29, 1.82) is 0 Å². The molecule has 0 spiro atoms. The van der Waals surface area contributed by atoms with Crippen LogP contribution < -0.4 is 0 Å². The maximum absolute atomic E-state index is 10.8. The van der Waals surface area contributed by atoms with Gasteiger partial charge in [-0.2, -0.15) is 0 Å². The summed E-state index contributed by atoms with van der Waals surface area (Å²) >= 11 is 0. The maximum atomic E-state index is 10.8.